The van der Waals surface area contributed by atoms with E-state index in [4.69, 9.17) is 38.9 Å². The Hall–Kier alpha value is -3.12. The van der Waals surface area contributed by atoms with Crippen LogP contribution in [0.15, 0.2) is 59.4 Å². The monoisotopic (exact) mass is 852 g/mol. The second-order valence-corrected chi connectivity index (χ2v) is 17.3. The first kappa shape index (κ1) is 51.2. The molecule has 0 aliphatic carbocycles. The number of esters is 1. The van der Waals surface area contributed by atoms with Crippen molar-refractivity contribution < 1.29 is 68.3 Å². The standard InChI is InChI=1S/C45H73NO14/c1-13-15-33-27(6)36(57-37-21-32(47)42(31(10)56-37)59-44(46)52)22-45(53,60-33)30(9)40(50)29(8)41-34(54-11)17-14-16-23(2)18-25(4)38(48)28(7)39(49)26(5)19-24(3)20-35(55-12)43(51)58-41/h13-17,19-20,25-34,36-42,47-50,53H,18,21-22H2,1-12H3,(H2,46,52)/b15-13+,17-14+,23-16-,24-19+,35-20?/t25?,26-,27?,28+,29+,30?,31?,32?,33?,34?,36-,37?,38?,39-,40?,41?,42?,45?/m1/s1. The second-order valence-electron chi connectivity index (χ2n) is 17.3. The van der Waals surface area contributed by atoms with Crippen molar-refractivity contribution in [2.24, 2.45) is 41.2 Å². The SMILES string of the molecule is C/C=C/C1OC(O)(C(C)C(O)[C@H](C)C2OC(=O)C(OC)=C/C(C)=C/[C@@H](C)[C@@H](O)[C@@H](C)C(O)C(C)C/C(C)=C\C=C\C2OC)C[C@@H](OC2CC(O)C(OC(N)=O)C(C)O2)C1C. The third-order valence-electron chi connectivity index (χ3n) is 12.5. The zero-order valence-electron chi connectivity index (χ0n) is 37.5. The van der Waals surface area contributed by atoms with Crippen molar-refractivity contribution in [3.8, 4) is 0 Å². The molecule has 3 aliphatic rings. The fraction of sp³-hybridized carbons (Fsp3) is 0.733. The number of nitrogens with two attached hydrogens (primary N) is 1. The average Bonchev–Trinajstić information content (AvgIpc) is 3.18. The number of hydrogen-bond donors (Lipinski definition) is 6. The summed E-state index contributed by atoms with van der Waals surface area (Å²) in [4.78, 5) is 25.3. The maximum Gasteiger partial charge on any atom is 0.404 e. The zero-order chi connectivity index (χ0) is 45.2. The van der Waals surface area contributed by atoms with Crippen LogP contribution in [0, 0.1) is 35.5 Å². The van der Waals surface area contributed by atoms with Crippen molar-refractivity contribution in [3.05, 3.63) is 59.4 Å². The van der Waals surface area contributed by atoms with E-state index in [1.54, 1.807) is 58.1 Å². The van der Waals surface area contributed by atoms with Gasteiger partial charge in [0.25, 0.3) is 0 Å². The predicted molar refractivity (Wildman–Crippen MR) is 224 cm³/mol. The van der Waals surface area contributed by atoms with E-state index in [0.29, 0.717) is 12.0 Å². The Kier molecular flexibility index (Phi) is 19.5. The van der Waals surface area contributed by atoms with Crippen LogP contribution in [0.2, 0.25) is 0 Å². The van der Waals surface area contributed by atoms with E-state index in [9.17, 15) is 35.1 Å². The van der Waals surface area contributed by atoms with E-state index in [1.807, 2.05) is 47.6 Å². The summed E-state index contributed by atoms with van der Waals surface area (Å²) in [6.07, 6.45) is 1.54. The average molecular weight is 852 g/mol. The van der Waals surface area contributed by atoms with Gasteiger partial charge in [0.15, 0.2) is 18.2 Å². The van der Waals surface area contributed by atoms with Gasteiger partial charge in [0.2, 0.25) is 5.76 Å². The Morgan fingerprint density at radius 1 is 1.05 bits per heavy atom. The molecule has 0 aromatic heterocycles. The van der Waals surface area contributed by atoms with Gasteiger partial charge in [-0.3, -0.25) is 0 Å². The van der Waals surface area contributed by atoms with Crippen molar-refractivity contribution in [1.29, 1.82) is 0 Å². The van der Waals surface area contributed by atoms with Crippen LogP contribution in [-0.4, -0.2) is 125 Å². The summed E-state index contributed by atoms with van der Waals surface area (Å²) in [5.41, 5.74) is 6.76. The number of rotatable bonds is 10. The first-order valence-corrected chi connectivity index (χ1v) is 21.1. The lowest BCUT2D eigenvalue weighted by atomic mass is 9.77. The minimum absolute atomic E-state index is 0.0314. The smallest absolute Gasteiger partial charge is 0.404 e. The Labute approximate surface area is 356 Å². The lowest BCUT2D eigenvalue weighted by Gasteiger charge is -2.49. The molecule has 3 heterocycles. The minimum Gasteiger partial charge on any atom is -0.490 e. The van der Waals surface area contributed by atoms with Gasteiger partial charge in [0, 0.05) is 49.5 Å². The molecule has 15 heteroatoms. The summed E-state index contributed by atoms with van der Waals surface area (Å²) in [5.74, 6) is -6.06. The molecule has 0 saturated carbocycles. The molecular formula is C45H73NO14. The maximum absolute atomic E-state index is 13.9. The quantitative estimate of drug-likeness (QED) is 0.131. The van der Waals surface area contributed by atoms with Crippen molar-refractivity contribution in [3.63, 3.8) is 0 Å². The summed E-state index contributed by atoms with van der Waals surface area (Å²) < 4.78 is 41.3. The van der Waals surface area contributed by atoms with Crippen LogP contribution < -0.4 is 5.73 Å². The maximum atomic E-state index is 13.9. The van der Waals surface area contributed by atoms with E-state index in [2.05, 4.69) is 0 Å². The molecule has 13 unspecified atom stereocenters. The van der Waals surface area contributed by atoms with Gasteiger partial charge >= 0.3 is 12.1 Å². The zero-order valence-corrected chi connectivity index (χ0v) is 37.5. The minimum atomic E-state index is -1.97. The van der Waals surface area contributed by atoms with Crippen LogP contribution >= 0.6 is 0 Å². The van der Waals surface area contributed by atoms with Gasteiger partial charge in [-0.2, -0.15) is 0 Å². The lowest BCUT2D eigenvalue weighted by molar-refractivity contribution is -0.338. The van der Waals surface area contributed by atoms with Gasteiger partial charge in [-0.25, -0.2) is 9.59 Å². The molecule has 0 aromatic carbocycles. The molecule has 7 N–H and O–H groups in total. The second kappa shape index (κ2) is 22.8. The number of primary amides is 1. The molecule has 2 saturated heterocycles. The summed E-state index contributed by atoms with van der Waals surface area (Å²) in [6.45, 7) is 18.0. The fourth-order valence-electron chi connectivity index (χ4n) is 8.64. The van der Waals surface area contributed by atoms with Crippen LogP contribution in [0.4, 0.5) is 4.79 Å². The first-order chi connectivity index (χ1) is 28.1. The van der Waals surface area contributed by atoms with Crippen molar-refractivity contribution in [2.45, 2.75) is 162 Å². The highest BCUT2D eigenvalue weighted by Crippen LogP contribution is 2.42. The molecule has 2 fully saturated rings. The fourth-order valence-corrected chi connectivity index (χ4v) is 8.64. The van der Waals surface area contributed by atoms with E-state index in [0.717, 1.165) is 5.57 Å². The molecular weight excluding hydrogens is 778 g/mol. The third-order valence-corrected chi connectivity index (χ3v) is 12.5. The number of ether oxygens (including phenoxy) is 7. The van der Waals surface area contributed by atoms with Gasteiger partial charge in [-0.05, 0) is 46.1 Å². The normalized spacial score (nSPS) is 41.8. The van der Waals surface area contributed by atoms with Crippen LogP contribution in [0.3, 0.4) is 0 Å². The molecule has 342 valence electrons. The highest BCUT2D eigenvalue weighted by molar-refractivity contribution is 5.87. The van der Waals surface area contributed by atoms with Crippen molar-refractivity contribution >= 4 is 12.1 Å². The highest BCUT2D eigenvalue weighted by Gasteiger charge is 2.52. The van der Waals surface area contributed by atoms with Gasteiger partial charge < -0.3 is 64.4 Å². The van der Waals surface area contributed by atoms with Crippen LogP contribution in [0.1, 0.15) is 88.5 Å². The van der Waals surface area contributed by atoms with Crippen LogP contribution in [0.25, 0.3) is 0 Å². The lowest BCUT2D eigenvalue weighted by Crippen LogP contribution is -2.59. The summed E-state index contributed by atoms with van der Waals surface area (Å²) in [7, 11) is 2.80. The van der Waals surface area contributed by atoms with Gasteiger partial charge in [0.05, 0.1) is 49.8 Å². The highest BCUT2D eigenvalue weighted by atomic mass is 16.7. The molecule has 60 heavy (non-hydrogen) atoms. The molecule has 0 bridgehead atoms. The number of hydrogen-bond acceptors (Lipinski definition) is 14. The number of carbonyl (C=O) groups is 2. The number of aliphatic hydroxyl groups excluding tert-OH is 4. The summed E-state index contributed by atoms with van der Waals surface area (Å²) in [6, 6.07) is 0. The van der Waals surface area contributed by atoms with E-state index in [-0.39, 0.29) is 36.4 Å². The summed E-state index contributed by atoms with van der Waals surface area (Å²) >= 11 is 0. The van der Waals surface area contributed by atoms with Gasteiger partial charge in [0.1, 0.15) is 12.2 Å². The molecule has 0 spiro atoms. The topological polar surface area (TPSA) is 226 Å². The predicted octanol–water partition coefficient (Wildman–Crippen LogP) is 4.59. The Morgan fingerprint density at radius 2 is 1.72 bits per heavy atom. The van der Waals surface area contributed by atoms with E-state index in [1.165, 1.54) is 20.3 Å². The van der Waals surface area contributed by atoms with Crippen LogP contribution in [-0.2, 0) is 38.0 Å². The molecule has 0 aromatic rings. The largest absolute Gasteiger partial charge is 0.490 e. The molecule has 3 rings (SSSR count). The van der Waals surface area contributed by atoms with Crippen molar-refractivity contribution in [1.82, 2.24) is 0 Å². The summed E-state index contributed by atoms with van der Waals surface area (Å²) in [5, 5.41) is 57.6. The number of methoxy groups -OCH3 is 2. The van der Waals surface area contributed by atoms with Gasteiger partial charge in [-0.15, -0.1) is 0 Å². The number of amides is 1. The number of aliphatic hydroxyl groups is 5. The Morgan fingerprint density at radius 3 is 2.30 bits per heavy atom. The Balaban J connectivity index is 1.99. The molecule has 15 nitrogen and oxygen atoms in total. The third kappa shape index (κ3) is 13.2. The number of cyclic esters (lactones) is 1. The van der Waals surface area contributed by atoms with Crippen LogP contribution in [0.5, 0.6) is 0 Å². The number of carbonyl (C=O) groups excluding carboxylic acids is 2. The number of allylic oxidation sites excluding steroid dienone is 6. The molecule has 1 amide bonds. The van der Waals surface area contributed by atoms with Gasteiger partial charge in [-0.1, -0.05) is 89.1 Å². The Bertz CT molecular complexity index is 1550. The molecule has 18 atom stereocenters. The molecule has 3 aliphatic heterocycles. The van der Waals surface area contributed by atoms with E-state index >= 15 is 0 Å². The van der Waals surface area contributed by atoms with E-state index < -0.39 is 103 Å². The first-order valence-electron chi connectivity index (χ1n) is 21.1. The molecule has 0 radical (unpaired) electrons. The van der Waals surface area contributed by atoms with Crippen molar-refractivity contribution in [2.75, 3.05) is 14.2 Å².